The maximum absolute atomic E-state index is 3.24. The van der Waals surface area contributed by atoms with Crippen LogP contribution < -0.4 is 0 Å². The van der Waals surface area contributed by atoms with Crippen LogP contribution in [0.25, 0.3) is 0 Å². The first-order chi connectivity index (χ1) is 13.3. The molecular formula is C26H52Cl2Si3Zr. The van der Waals surface area contributed by atoms with Gasteiger partial charge in [0.25, 0.3) is 0 Å². The van der Waals surface area contributed by atoms with Gasteiger partial charge in [0, 0.05) is 0 Å². The molecule has 0 unspecified atom stereocenters. The zero-order valence-corrected chi connectivity index (χ0v) is 30.7. The van der Waals surface area contributed by atoms with E-state index in [1.54, 1.807) is 11.1 Å². The molecule has 0 saturated carbocycles. The molecule has 0 aromatic carbocycles. The standard InChI is InChI=1S/2C12H21Si.2CH3.2ClH.H2Si.Zr/c2*1-10(2)8-11-6-7-12(9-11)13(3,4)5;;;;;;/h2*9-10H,6,8H2,1-5H3;2*1H3;2*1H;1H2;. The van der Waals surface area contributed by atoms with Crippen LogP contribution in [-0.4, -0.2) is 23.0 Å². The molecule has 6 heteroatoms. The smallest absolute Gasteiger partial charge is 0.147 e. The van der Waals surface area contributed by atoms with Gasteiger partial charge in [0.05, 0.1) is 0 Å². The van der Waals surface area contributed by atoms with Gasteiger partial charge in [0.1, 0.15) is 0 Å². The first kappa shape index (κ1) is 33.1. The molecule has 32 heavy (non-hydrogen) atoms. The Morgan fingerprint density at radius 3 is 1.22 bits per heavy atom. The summed E-state index contributed by atoms with van der Waals surface area (Å²) < 4.78 is 9.52. The Morgan fingerprint density at radius 1 is 0.719 bits per heavy atom. The molecule has 0 bridgehead atoms. The van der Waals surface area contributed by atoms with Crippen LogP contribution in [0, 0.1) is 11.8 Å². The molecule has 0 spiro atoms. The van der Waals surface area contributed by atoms with Crippen LogP contribution in [0.1, 0.15) is 53.4 Å². The Kier molecular flexibility index (Phi) is 11.4. The molecule has 0 aromatic heterocycles. The van der Waals surface area contributed by atoms with Crippen LogP contribution in [0.5, 0.6) is 0 Å². The van der Waals surface area contributed by atoms with Gasteiger partial charge in [-0.05, 0) is 0 Å². The fourth-order valence-electron chi connectivity index (χ4n) is 5.59. The van der Waals surface area contributed by atoms with Crippen molar-refractivity contribution in [2.75, 3.05) is 0 Å². The third-order valence-corrected chi connectivity index (χ3v) is 29.2. The van der Waals surface area contributed by atoms with E-state index in [-0.39, 0.29) is 24.8 Å². The maximum atomic E-state index is 2.79. The fourth-order valence-corrected chi connectivity index (χ4v) is 34.4. The van der Waals surface area contributed by atoms with Crippen LogP contribution in [0.2, 0.25) is 48.5 Å². The molecule has 0 aliphatic heterocycles. The summed E-state index contributed by atoms with van der Waals surface area (Å²) in [5, 5.41) is 3.67. The first-order valence-corrected chi connectivity index (χ1v) is 32.6. The Balaban J connectivity index is 0.00000480. The molecular weight excluding hydrogens is 559 g/mol. The van der Waals surface area contributed by atoms with Crippen molar-refractivity contribution in [3.8, 4) is 0 Å². The van der Waals surface area contributed by atoms with Crippen molar-refractivity contribution in [1.29, 1.82) is 0 Å². The number of allylic oxidation sites excluding steroid dienone is 8. The van der Waals surface area contributed by atoms with Crippen LogP contribution >= 0.6 is 24.8 Å². The van der Waals surface area contributed by atoms with Gasteiger partial charge >= 0.3 is 194 Å². The molecule has 2 aliphatic carbocycles. The van der Waals surface area contributed by atoms with E-state index in [2.05, 4.69) is 95.3 Å². The number of halogens is 2. The third kappa shape index (κ3) is 7.53. The Labute approximate surface area is 217 Å². The van der Waals surface area contributed by atoms with Crippen molar-refractivity contribution >= 4 is 47.8 Å². The molecule has 0 nitrogen and oxygen atoms in total. The molecule has 0 radical (unpaired) electrons. The predicted octanol–water partition coefficient (Wildman–Crippen LogP) is 9.18. The van der Waals surface area contributed by atoms with Crippen molar-refractivity contribution in [2.45, 2.75) is 102 Å². The van der Waals surface area contributed by atoms with Gasteiger partial charge < -0.3 is 0 Å². The molecule has 0 heterocycles. The summed E-state index contributed by atoms with van der Waals surface area (Å²) in [6, 6.07) is 0. The second-order valence-corrected chi connectivity index (χ2v) is 52.9. The summed E-state index contributed by atoms with van der Waals surface area (Å²) in [5.74, 6) is 1.52. The van der Waals surface area contributed by atoms with E-state index in [1.807, 2.05) is 17.0 Å². The van der Waals surface area contributed by atoms with Crippen molar-refractivity contribution in [1.82, 2.24) is 0 Å². The first-order valence-electron chi connectivity index (χ1n) is 12.3. The summed E-state index contributed by atoms with van der Waals surface area (Å²) in [7, 11) is -2.73. The molecule has 2 aliphatic rings. The molecule has 0 N–H and O–H groups in total. The van der Waals surface area contributed by atoms with Crippen molar-refractivity contribution < 1.29 is 17.4 Å². The summed E-state index contributed by atoms with van der Waals surface area (Å²) in [5.41, 5.74) is 3.47. The van der Waals surface area contributed by atoms with Crippen molar-refractivity contribution in [3.63, 3.8) is 0 Å². The summed E-state index contributed by atoms with van der Waals surface area (Å²) in [6.07, 6.45) is 10.5. The average Bonchev–Trinajstić information content (AvgIpc) is 3.10. The number of hydrogen-bond acceptors (Lipinski definition) is 0. The van der Waals surface area contributed by atoms with Gasteiger partial charge in [-0.15, -0.1) is 24.8 Å². The zero-order valence-electron chi connectivity index (χ0n) is 23.2. The topological polar surface area (TPSA) is 0 Å². The second kappa shape index (κ2) is 11.0. The van der Waals surface area contributed by atoms with E-state index < -0.39 is 33.5 Å². The van der Waals surface area contributed by atoms with Gasteiger partial charge in [0.2, 0.25) is 0 Å². The normalized spacial score (nSPS) is 18.2. The minimum atomic E-state index is -3.24. The van der Waals surface area contributed by atoms with Gasteiger partial charge in [0.15, 0.2) is 0 Å². The summed E-state index contributed by atoms with van der Waals surface area (Å²) >= 11 is -3.24. The van der Waals surface area contributed by atoms with Crippen LogP contribution in [-0.2, 0) is 17.4 Å². The van der Waals surface area contributed by atoms with E-state index in [4.69, 9.17) is 0 Å². The van der Waals surface area contributed by atoms with E-state index in [0.717, 1.165) is 11.8 Å². The number of rotatable bonds is 8. The Morgan fingerprint density at radius 2 is 1.00 bits per heavy atom. The van der Waals surface area contributed by atoms with E-state index in [1.165, 1.54) is 25.7 Å². The van der Waals surface area contributed by atoms with Gasteiger partial charge in [-0.3, -0.25) is 0 Å². The quantitative estimate of drug-likeness (QED) is 0.240. The van der Waals surface area contributed by atoms with E-state index in [0.29, 0.717) is 0 Å². The second-order valence-electron chi connectivity index (χ2n) is 14.1. The van der Waals surface area contributed by atoms with E-state index in [9.17, 15) is 0 Å². The SMILES string of the molecule is CC(C)CC1=CC([Si](C)(C)C)=[C]([Zr]([CH3])([CH3])(=[SiH2])[C]2=C([Si](C)(C)C)C=C(CC(C)C)C2)C1.Cl.Cl. The summed E-state index contributed by atoms with van der Waals surface area (Å²) in [6.45, 7) is 27.5. The van der Waals surface area contributed by atoms with Gasteiger partial charge in [-0.2, -0.15) is 0 Å². The number of hydrogen-bond donors (Lipinski definition) is 0. The molecule has 0 atom stereocenters. The maximum Gasteiger partial charge on any atom is -0.147 e. The van der Waals surface area contributed by atoms with Crippen LogP contribution in [0.3, 0.4) is 0 Å². The van der Waals surface area contributed by atoms with Gasteiger partial charge in [-0.25, -0.2) is 0 Å². The average molecular weight is 611 g/mol. The minimum absolute atomic E-state index is 0. The molecule has 0 saturated heterocycles. The Bertz CT molecular complexity index is 830. The molecule has 0 amide bonds. The fraction of sp³-hybridized carbons (Fsp3) is 0.692. The molecule has 0 aromatic rings. The van der Waals surface area contributed by atoms with E-state index >= 15 is 0 Å². The molecule has 186 valence electrons. The molecule has 2 rings (SSSR count). The third-order valence-electron chi connectivity index (χ3n) is 7.05. The predicted molar refractivity (Wildman–Crippen MR) is 160 cm³/mol. The van der Waals surface area contributed by atoms with Crippen LogP contribution in [0.4, 0.5) is 0 Å². The van der Waals surface area contributed by atoms with Crippen molar-refractivity contribution in [2.24, 2.45) is 11.8 Å². The summed E-state index contributed by atoms with van der Waals surface area (Å²) in [4.78, 5) is 0. The van der Waals surface area contributed by atoms with Crippen molar-refractivity contribution in [3.05, 3.63) is 40.3 Å². The molecule has 0 fully saturated rings. The zero-order chi connectivity index (χ0) is 23.3. The largest absolute Gasteiger partial charge is 0.147 e. The Hall–Kier alpha value is 1.07. The van der Waals surface area contributed by atoms with Gasteiger partial charge in [-0.1, -0.05) is 0 Å². The monoisotopic (exact) mass is 608 g/mol. The minimum Gasteiger partial charge on any atom is -0.147 e. The van der Waals surface area contributed by atoms with Crippen LogP contribution in [0.15, 0.2) is 40.3 Å².